The second-order valence-corrected chi connectivity index (χ2v) is 7.38. The molecule has 0 atom stereocenters. The van der Waals surface area contributed by atoms with Gasteiger partial charge in [0.25, 0.3) is 0 Å². The molecule has 2 aliphatic rings. The van der Waals surface area contributed by atoms with Gasteiger partial charge in [-0.15, -0.1) is 0 Å². The molecule has 0 unspecified atom stereocenters. The highest BCUT2D eigenvalue weighted by molar-refractivity contribution is 8.03. The van der Waals surface area contributed by atoms with Crippen LogP contribution < -0.4 is 4.90 Å². The van der Waals surface area contributed by atoms with Gasteiger partial charge in [0.15, 0.2) is 0 Å². The topological polar surface area (TPSA) is 8.17 Å². The summed E-state index contributed by atoms with van der Waals surface area (Å²) in [4.78, 5) is 5.20. The Morgan fingerprint density at radius 3 is 2.78 bits per heavy atom. The number of thioether (sulfide) groups is 1. The fourth-order valence-corrected chi connectivity index (χ4v) is 5.17. The molecule has 3 aromatic rings. The summed E-state index contributed by atoms with van der Waals surface area (Å²) in [7, 11) is 4.40. The highest BCUT2D eigenvalue weighted by Gasteiger charge is 2.27. The molecule has 1 aliphatic carbocycles. The molecule has 0 radical (unpaired) electrons. The normalized spacial score (nSPS) is 17.0. The Morgan fingerprint density at radius 2 is 1.87 bits per heavy atom. The summed E-state index contributed by atoms with van der Waals surface area (Å²) in [6, 6.07) is 13.3. The van der Waals surface area contributed by atoms with Crippen molar-refractivity contribution in [1.82, 2.24) is 4.57 Å². The maximum absolute atomic E-state index is 2.43. The number of allylic oxidation sites excluding steroid dienone is 3. The number of anilines is 1. The molecule has 114 valence electrons. The van der Waals surface area contributed by atoms with E-state index in [-0.39, 0.29) is 0 Å². The fraction of sp³-hybridized carbons (Fsp3) is 0.200. The van der Waals surface area contributed by atoms with Gasteiger partial charge in [0.05, 0.1) is 11.2 Å². The first-order valence-electron chi connectivity index (χ1n) is 8.07. The lowest BCUT2D eigenvalue weighted by molar-refractivity contribution is 0.884. The van der Waals surface area contributed by atoms with Crippen LogP contribution in [0.3, 0.4) is 0 Å². The van der Waals surface area contributed by atoms with E-state index in [1.54, 1.807) is 0 Å². The molecule has 0 saturated heterocycles. The molecule has 3 heteroatoms. The predicted molar refractivity (Wildman–Crippen MR) is 100 cm³/mol. The third-order valence-corrected chi connectivity index (χ3v) is 6.22. The Balaban J connectivity index is 1.89. The average Bonchev–Trinajstić information content (AvgIpc) is 2.88. The van der Waals surface area contributed by atoms with Gasteiger partial charge >= 0.3 is 0 Å². The molecule has 0 bridgehead atoms. The number of aromatic nitrogens is 1. The van der Waals surface area contributed by atoms with Crippen LogP contribution in [-0.2, 0) is 7.05 Å². The lowest BCUT2D eigenvalue weighted by Crippen LogP contribution is -2.22. The Morgan fingerprint density at radius 1 is 1.00 bits per heavy atom. The maximum Gasteiger partial charge on any atom is 0.0649 e. The van der Waals surface area contributed by atoms with E-state index < -0.39 is 0 Å². The largest absolute Gasteiger partial charge is 0.346 e. The molecule has 1 aromatic heterocycles. The molecule has 0 N–H and O–H groups in total. The van der Waals surface area contributed by atoms with Gasteiger partial charge in [0.2, 0.25) is 0 Å². The summed E-state index contributed by atoms with van der Waals surface area (Å²) < 4.78 is 2.31. The fourth-order valence-electron chi connectivity index (χ4n) is 3.94. The van der Waals surface area contributed by atoms with Gasteiger partial charge in [-0.1, -0.05) is 42.1 Å². The van der Waals surface area contributed by atoms with Crippen molar-refractivity contribution in [2.45, 2.75) is 17.7 Å². The number of para-hydroxylation sites is 1. The lowest BCUT2D eigenvalue weighted by atomic mass is 10.1. The summed E-state index contributed by atoms with van der Waals surface area (Å²) in [5.74, 6) is 0. The number of hydrogen-bond donors (Lipinski definition) is 0. The minimum Gasteiger partial charge on any atom is -0.346 e. The summed E-state index contributed by atoms with van der Waals surface area (Å²) in [5, 5.41) is 2.74. The summed E-state index contributed by atoms with van der Waals surface area (Å²) in [6.45, 7) is 0. The van der Waals surface area contributed by atoms with Crippen LogP contribution in [0.5, 0.6) is 0 Å². The van der Waals surface area contributed by atoms with E-state index in [9.17, 15) is 0 Å². The van der Waals surface area contributed by atoms with Crippen molar-refractivity contribution in [1.29, 1.82) is 0 Å². The Labute approximate surface area is 140 Å². The Bertz CT molecular complexity index is 1020. The van der Waals surface area contributed by atoms with Crippen molar-refractivity contribution in [2.75, 3.05) is 11.9 Å². The van der Waals surface area contributed by atoms with E-state index in [4.69, 9.17) is 0 Å². The van der Waals surface area contributed by atoms with Crippen LogP contribution in [0.25, 0.3) is 21.8 Å². The molecule has 2 nitrogen and oxygen atoms in total. The van der Waals surface area contributed by atoms with E-state index in [2.05, 4.69) is 72.1 Å². The van der Waals surface area contributed by atoms with Gasteiger partial charge in [0.1, 0.15) is 0 Å². The van der Waals surface area contributed by atoms with E-state index >= 15 is 0 Å². The molecule has 5 rings (SSSR count). The minimum atomic E-state index is 1.13. The van der Waals surface area contributed by atoms with Crippen molar-refractivity contribution < 1.29 is 0 Å². The molecule has 0 saturated carbocycles. The first kappa shape index (κ1) is 13.3. The van der Waals surface area contributed by atoms with Crippen LogP contribution in [0.15, 0.2) is 64.0 Å². The molecular formula is C20H18N2S. The molecule has 0 amide bonds. The summed E-state index contributed by atoms with van der Waals surface area (Å²) >= 11 is 1.92. The van der Waals surface area contributed by atoms with Gasteiger partial charge in [-0.3, -0.25) is 0 Å². The van der Waals surface area contributed by atoms with Gasteiger partial charge in [-0.25, -0.2) is 0 Å². The van der Waals surface area contributed by atoms with Crippen molar-refractivity contribution in [2.24, 2.45) is 7.05 Å². The third kappa shape index (κ3) is 1.71. The number of aryl methyl sites for hydroxylation is 1. The van der Waals surface area contributed by atoms with Crippen LogP contribution in [0.2, 0.25) is 0 Å². The number of benzene rings is 2. The molecule has 23 heavy (non-hydrogen) atoms. The zero-order chi connectivity index (χ0) is 15.6. The highest BCUT2D eigenvalue weighted by Crippen LogP contribution is 2.50. The van der Waals surface area contributed by atoms with Gasteiger partial charge in [-0.2, -0.15) is 0 Å². The van der Waals surface area contributed by atoms with Crippen molar-refractivity contribution >= 4 is 39.3 Å². The first-order valence-corrected chi connectivity index (χ1v) is 8.89. The first-order chi connectivity index (χ1) is 11.3. The zero-order valence-corrected chi connectivity index (χ0v) is 14.2. The zero-order valence-electron chi connectivity index (χ0n) is 13.3. The van der Waals surface area contributed by atoms with E-state index in [0.717, 1.165) is 12.8 Å². The predicted octanol–water partition coefficient (Wildman–Crippen LogP) is 5.44. The second-order valence-electron chi connectivity index (χ2n) is 6.30. The second kappa shape index (κ2) is 4.68. The van der Waals surface area contributed by atoms with Crippen LogP contribution in [-0.4, -0.2) is 11.6 Å². The number of hydrogen-bond acceptors (Lipinski definition) is 2. The SMILES string of the molecule is CN1C2=C(C=CCC2)Sc2ccc3c(c21)c1ccccc1n3C. The van der Waals surface area contributed by atoms with Crippen molar-refractivity contribution in [3.05, 3.63) is 59.2 Å². The molecule has 0 spiro atoms. The monoisotopic (exact) mass is 318 g/mol. The van der Waals surface area contributed by atoms with Gasteiger partial charge in [-0.05, 0) is 31.0 Å². The minimum absolute atomic E-state index is 1.13. The van der Waals surface area contributed by atoms with E-state index in [1.807, 2.05) is 11.8 Å². The molecule has 1 aliphatic heterocycles. The smallest absolute Gasteiger partial charge is 0.0649 e. The lowest BCUT2D eigenvalue weighted by Gasteiger charge is -2.33. The number of fused-ring (bicyclic) bond motifs is 5. The average molecular weight is 318 g/mol. The standard InChI is InChI=1S/C20H18N2S/c1-21-14-8-4-3-7-13(14)19-16(21)11-12-18-20(19)22(2)15-9-5-6-10-17(15)23-18/h3-4,6-8,10-12H,5,9H2,1-2H3. The quantitative estimate of drug-likeness (QED) is 0.546. The van der Waals surface area contributed by atoms with Crippen LogP contribution >= 0.6 is 11.8 Å². The van der Waals surface area contributed by atoms with Gasteiger partial charge < -0.3 is 9.47 Å². The van der Waals surface area contributed by atoms with Crippen LogP contribution in [0.1, 0.15) is 12.8 Å². The number of rotatable bonds is 0. The molecular weight excluding hydrogens is 300 g/mol. The van der Waals surface area contributed by atoms with Crippen molar-refractivity contribution in [3.8, 4) is 0 Å². The maximum atomic E-state index is 2.43. The van der Waals surface area contributed by atoms with Crippen LogP contribution in [0, 0.1) is 0 Å². The number of nitrogens with zero attached hydrogens (tertiary/aromatic N) is 2. The molecule has 2 aromatic carbocycles. The van der Waals surface area contributed by atoms with Crippen LogP contribution in [0.4, 0.5) is 5.69 Å². The third-order valence-electron chi connectivity index (χ3n) is 5.08. The van der Waals surface area contributed by atoms with Gasteiger partial charge in [0, 0.05) is 45.9 Å². The Kier molecular flexibility index (Phi) is 2.71. The summed E-state index contributed by atoms with van der Waals surface area (Å²) in [5.41, 5.74) is 5.45. The molecule has 2 heterocycles. The Hall–Kier alpha value is -2.13. The molecule has 0 fully saturated rings. The highest BCUT2D eigenvalue weighted by atomic mass is 32.2. The summed E-state index contributed by atoms with van der Waals surface area (Å²) in [6.07, 6.45) is 6.86. The van der Waals surface area contributed by atoms with Crippen molar-refractivity contribution in [3.63, 3.8) is 0 Å². The van der Waals surface area contributed by atoms with E-state index in [0.29, 0.717) is 0 Å². The van der Waals surface area contributed by atoms with E-state index in [1.165, 1.54) is 43.0 Å².